The Labute approximate surface area is 155 Å². The molecule has 0 radical (unpaired) electrons. The summed E-state index contributed by atoms with van der Waals surface area (Å²) in [5, 5.41) is 15.5. The van der Waals surface area contributed by atoms with E-state index in [1.54, 1.807) is 30.1 Å². The average molecular weight is 375 g/mol. The number of hydrogen-bond acceptors (Lipinski definition) is 5. The molecule has 0 spiro atoms. The van der Waals surface area contributed by atoms with Gasteiger partial charge in [-0.3, -0.25) is 19.7 Å². The van der Waals surface area contributed by atoms with Crippen LogP contribution < -0.4 is 5.32 Å². The second-order valence-corrected chi connectivity index (χ2v) is 6.82. The third-order valence-electron chi connectivity index (χ3n) is 4.14. The van der Waals surface area contributed by atoms with Crippen molar-refractivity contribution in [2.45, 2.75) is 25.8 Å². The molecule has 138 valence electrons. The Kier molecular flexibility index (Phi) is 6.85. The van der Waals surface area contributed by atoms with Crippen LogP contribution in [0.1, 0.15) is 41.0 Å². The van der Waals surface area contributed by atoms with Crippen molar-refractivity contribution in [3.05, 3.63) is 62.3 Å². The van der Waals surface area contributed by atoms with E-state index in [-0.39, 0.29) is 23.5 Å². The Morgan fingerprint density at radius 2 is 2.08 bits per heavy atom. The fourth-order valence-electron chi connectivity index (χ4n) is 2.45. The summed E-state index contributed by atoms with van der Waals surface area (Å²) in [6.07, 6.45) is 0.822. The van der Waals surface area contributed by atoms with E-state index in [9.17, 15) is 19.7 Å². The molecule has 8 heteroatoms. The van der Waals surface area contributed by atoms with Gasteiger partial charge in [-0.25, -0.2) is 0 Å². The molecule has 0 bridgehead atoms. The molecule has 1 heterocycles. The molecule has 2 amide bonds. The van der Waals surface area contributed by atoms with Gasteiger partial charge in [-0.2, -0.15) is 0 Å². The highest BCUT2D eigenvalue weighted by atomic mass is 32.1. The van der Waals surface area contributed by atoms with E-state index in [2.05, 4.69) is 5.32 Å². The number of carbonyl (C=O) groups excluding carboxylic acids is 2. The Balaban J connectivity index is 1.82. The zero-order valence-corrected chi connectivity index (χ0v) is 15.5. The first-order valence-electron chi connectivity index (χ1n) is 8.22. The highest BCUT2D eigenvalue weighted by Gasteiger charge is 2.19. The third-order valence-corrected chi connectivity index (χ3v) is 5.00. The van der Waals surface area contributed by atoms with Crippen LogP contribution >= 0.6 is 11.3 Å². The Morgan fingerprint density at radius 1 is 1.31 bits per heavy atom. The summed E-state index contributed by atoms with van der Waals surface area (Å²) < 4.78 is 0. The van der Waals surface area contributed by atoms with Crippen LogP contribution in [0.2, 0.25) is 0 Å². The number of non-ortho nitro benzene ring substituents is 1. The molecule has 1 aromatic heterocycles. The number of benzene rings is 1. The van der Waals surface area contributed by atoms with Gasteiger partial charge in [0.05, 0.1) is 15.8 Å². The van der Waals surface area contributed by atoms with Gasteiger partial charge in [-0.15, -0.1) is 11.3 Å². The zero-order chi connectivity index (χ0) is 19.1. The quantitative estimate of drug-likeness (QED) is 0.435. The van der Waals surface area contributed by atoms with E-state index in [0.29, 0.717) is 29.8 Å². The van der Waals surface area contributed by atoms with Crippen LogP contribution in [-0.4, -0.2) is 35.2 Å². The van der Waals surface area contributed by atoms with Crippen molar-refractivity contribution >= 4 is 28.8 Å². The summed E-state index contributed by atoms with van der Waals surface area (Å²) in [7, 11) is 1.68. The first kappa shape index (κ1) is 19.6. The van der Waals surface area contributed by atoms with Gasteiger partial charge >= 0.3 is 0 Å². The summed E-state index contributed by atoms with van der Waals surface area (Å²) in [4.78, 5) is 36.8. The van der Waals surface area contributed by atoms with Crippen molar-refractivity contribution in [2.75, 3.05) is 13.6 Å². The zero-order valence-electron chi connectivity index (χ0n) is 14.7. The maximum atomic E-state index is 12.3. The molecule has 0 aliphatic heterocycles. The van der Waals surface area contributed by atoms with E-state index < -0.39 is 4.92 Å². The van der Waals surface area contributed by atoms with Crippen LogP contribution in [0.3, 0.4) is 0 Å². The van der Waals surface area contributed by atoms with Crippen LogP contribution in [0, 0.1) is 10.1 Å². The van der Waals surface area contributed by atoms with Crippen molar-refractivity contribution in [3.8, 4) is 0 Å². The fraction of sp³-hybridized carbons (Fsp3) is 0.333. The monoisotopic (exact) mass is 375 g/mol. The minimum Gasteiger partial charge on any atom is -0.351 e. The maximum Gasteiger partial charge on any atom is 0.269 e. The number of hydrogen-bond donors (Lipinski definition) is 1. The van der Waals surface area contributed by atoms with Crippen LogP contribution in [-0.2, 0) is 4.79 Å². The van der Waals surface area contributed by atoms with Crippen molar-refractivity contribution < 1.29 is 14.5 Å². The van der Waals surface area contributed by atoms with E-state index in [1.807, 2.05) is 18.4 Å². The minimum atomic E-state index is -0.450. The molecule has 0 fully saturated rings. The number of carbonyl (C=O) groups is 2. The number of nitro groups is 1. The van der Waals surface area contributed by atoms with Gasteiger partial charge < -0.3 is 10.2 Å². The number of thiophene rings is 1. The fourth-order valence-corrected chi connectivity index (χ4v) is 3.09. The normalized spacial score (nSPS) is 11.6. The lowest BCUT2D eigenvalue weighted by molar-refractivity contribution is -0.384. The smallest absolute Gasteiger partial charge is 0.269 e. The van der Waals surface area contributed by atoms with Crippen molar-refractivity contribution in [3.63, 3.8) is 0 Å². The van der Waals surface area contributed by atoms with E-state index in [0.717, 1.165) is 0 Å². The number of amides is 2. The SMILES string of the molecule is C[C@@H](c1cccc([N+](=O)[O-])c1)N(C)C(=O)CCCNC(=O)c1cccs1. The van der Waals surface area contributed by atoms with Gasteiger partial charge in [0.15, 0.2) is 0 Å². The summed E-state index contributed by atoms with van der Waals surface area (Å²) in [6.45, 7) is 2.25. The standard InChI is InChI=1S/C18H21N3O4S/c1-13(14-6-3-7-15(12-14)21(24)25)20(2)17(22)9-4-10-19-18(23)16-8-5-11-26-16/h3,5-8,11-13H,4,9-10H2,1-2H3,(H,19,23)/t13-/m0/s1. The second kappa shape index (κ2) is 9.10. The molecule has 1 N–H and O–H groups in total. The van der Waals surface area contributed by atoms with Crippen LogP contribution in [0.25, 0.3) is 0 Å². The lowest BCUT2D eigenvalue weighted by Gasteiger charge is -2.25. The van der Waals surface area contributed by atoms with Gasteiger partial charge in [0.1, 0.15) is 0 Å². The van der Waals surface area contributed by atoms with Gasteiger partial charge in [0.2, 0.25) is 5.91 Å². The Bertz CT molecular complexity index is 777. The first-order valence-corrected chi connectivity index (χ1v) is 9.10. The predicted molar refractivity (Wildman–Crippen MR) is 100 cm³/mol. The molecule has 7 nitrogen and oxygen atoms in total. The maximum absolute atomic E-state index is 12.3. The minimum absolute atomic E-state index is 0.00601. The van der Waals surface area contributed by atoms with Crippen LogP contribution in [0.15, 0.2) is 41.8 Å². The first-order chi connectivity index (χ1) is 12.4. The summed E-state index contributed by atoms with van der Waals surface area (Å²) in [5.41, 5.74) is 0.715. The largest absolute Gasteiger partial charge is 0.351 e. The third kappa shape index (κ3) is 5.13. The molecule has 0 aliphatic rings. The lowest BCUT2D eigenvalue weighted by atomic mass is 10.1. The van der Waals surface area contributed by atoms with E-state index in [1.165, 1.54) is 23.5 Å². The predicted octanol–water partition coefficient (Wildman–Crippen LogP) is 3.39. The summed E-state index contributed by atoms with van der Waals surface area (Å²) >= 11 is 1.37. The molecule has 0 saturated carbocycles. The average Bonchev–Trinajstić information content (AvgIpc) is 3.18. The number of nitrogens with one attached hydrogen (secondary N) is 1. The molecular formula is C18H21N3O4S. The van der Waals surface area contributed by atoms with Crippen molar-refractivity contribution in [1.82, 2.24) is 10.2 Å². The second-order valence-electron chi connectivity index (χ2n) is 5.87. The van der Waals surface area contributed by atoms with E-state index >= 15 is 0 Å². The van der Waals surface area contributed by atoms with Gasteiger partial charge in [0, 0.05) is 32.1 Å². The summed E-state index contributed by atoms with van der Waals surface area (Å²) in [5.74, 6) is -0.208. The lowest BCUT2D eigenvalue weighted by Crippen LogP contribution is -2.31. The van der Waals surface area contributed by atoms with Crippen molar-refractivity contribution in [1.29, 1.82) is 0 Å². The molecule has 0 aliphatic carbocycles. The highest BCUT2D eigenvalue weighted by molar-refractivity contribution is 7.12. The summed E-state index contributed by atoms with van der Waals surface area (Å²) in [6, 6.07) is 9.57. The number of rotatable bonds is 8. The Morgan fingerprint density at radius 3 is 2.73 bits per heavy atom. The van der Waals surface area contributed by atoms with Crippen LogP contribution in [0.4, 0.5) is 5.69 Å². The molecule has 1 aromatic carbocycles. The van der Waals surface area contributed by atoms with Gasteiger partial charge in [-0.05, 0) is 30.4 Å². The van der Waals surface area contributed by atoms with Gasteiger partial charge in [0.25, 0.3) is 11.6 Å². The van der Waals surface area contributed by atoms with Gasteiger partial charge in [-0.1, -0.05) is 18.2 Å². The molecule has 2 aromatic rings. The van der Waals surface area contributed by atoms with E-state index in [4.69, 9.17) is 0 Å². The molecule has 0 unspecified atom stereocenters. The molecular weight excluding hydrogens is 354 g/mol. The molecule has 26 heavy (non-hydrogen) atoms. The number of nitro benzene ring substituents is 1. The number of nitrogens with zero attached hydrogens (tertiary/aromatic N) is 2. The molecule has 2 rings (SSSR count). The molecule has 0 saturated heterocycles. The van der Waals surface area contributed by atoms with Crippen LogP contribution in [0.5, 0.6) is 0 Å². The topological polar surface area (TPSA) is 92.6 Å². The molecule has 1 atom stereocenters. The Hall–Kier alpha value is -2.74. The van der Waals surface area contributed by atoms with Crippen molar-refractivity contribution in [2.24, 2.45) is 0 Å². The highest BCUT2D eigenvalue weighted by Crippen LogP contribution is 2.23.